The maximum Gasteiger partial charge on any atom is 0.229 e. The van der Waals surface area contributed by atoms with Gasteiger partial charge in [-0.1, -0.05) is 6.92 Å². The van der Waals surface area contributed by atoms with Crippen LogP contribution in [-0.4, -0.2) is 63.5 Å². The second kappa shape index (κ2) is 7.17. The topological polar surface area (TPSA) is 116 Å². The Morgan fingerprint density at radius 3 is 2.32 bits per heavy atom. The van der Waals surface area contributed by atoms with Crippen molar-refractivity contribution in [3.05, 3.63) is 29.8 Å². The third kappa shape index (κ3) is 3.45. The van der Waals surface area contributed by atoms with Gasteiger partial charge in [0.2, 0.25) is 6.29 Å². The van der Waals surface area contributed by atoms with Crippen LogP contribution in [0.2, 0.25) is 0 Å². The molecule has 1 aromatic carbocycles. The predicted molar refractivity (Wildman–Crippen MR) is 75.5 cm³/mol. The highest BCUT2D eigenvalue weighted by atomic mass is 16.7. The summed E-state index contributed by atoms with van der Waals surface area (Å²) in [5.41, 5.74) is 0.545. The summed E-state index contributed by atoms with van der Waals surface area (Å²) < 4.78 is 10.7. The van der Waals surface area contributed by atoms with Crippen LogP contribution in [-0.2, 0) is 4.74 Å². The van der Waals surface area contributed by atoms with Crippen molar-refractivity contribution in [1.29, 1.82) is 0 Å². The van der Waals surface area contributed by atoms with Gasteiger partial charge in [-0.2, -0.15) is 0 Å². The molecule has 1 aromatic rings. The first kappa shape index (κ1) is 16.9. The van der Waals surface area contributed by atoms with Gasteiger partial charge in [0.05, 0.1) is 6.61 Å². The lowest BCUT2D eigenvalue weighted by atomic mass is 9.99. The minimum absolute atomic E-state index is 0.000565. The molecule has 0 aromatic heterocycles. The predicted octanol–water partition coefficient (Wildman–Crippen LogP) is -0.542. The molecule has 1 fully saturated rings. The van der Waals surface area contributed by atoms with E-state index in [0.717, 1.165) is 0 Å². The highest BCUT2D eigenvalue weighted by molar-refractivity contribution is 5.95. The molecule has 2 rings (SSSR count). The molecule has 1 saturated heterocycles. The van der Waals surface area contributed by atoms with Gasteiger partial charge in [-0.05, 0) is 24.3 Å². The van der Waals surface area contributed by atoms with Crippen molar-refractivity contribution in [2.75, 3.05) is 6.61 Å². The first-order chi connectivity index (χ1) is 10.5. The maximum absolute atomic E-state index is 11.5. The van der Waals surface area contributed by atoms with Gasteiger partial charge in [0.1, 0.15) is 30.2 Å². The van der Waals surface area contributed by atoms with Gasteiger partial charge in [0.25, 0.3) is 0 Å². The van der Waals surface area contributed by atoms with E-state index in [2.05, 4.69) is 0 Å². The second-order valence-corrected chi connectivity index (χ2v) is 5.12. The number of carbonyl (C=O) groups is 1. The summed E-state index contributed by atoms with van der Waals surface area (Å²) in [5.74, 6) is 0.330. The Balaban J connectivity index is 2.07. The van der Waals surface area contributed by atoms with Crippen molar-refractivity contribution in [2.45, 2.75) is 44.1 Å². The molecule has 7 heteroatoms. The number of rotatable bonds is 5. The smallest absolute Gasteiger partial charge is 0.229 e. The highest BCUT2D eigenvalue weighted by Crippen LogP contribution is 2.24. The summed E-state index contributed by atoms with van der Waals surface area (Å²) in [5, 5.41) is 38.3. The molecule has 22 heavy (non-hydrogen) atoms. The molecule has 1 heterocycles. The molecule has 122 valence electrons. The minimum atomic E-state index is -1.49. The Kier molecular flexibility index (Phi) is 5.49. The number of aliphatic hydroxyl groups excluding tert-OH is 4. The molecule has 4 N–H and O–H groups in total. The average molecular weight is 312 g/mol. The number of Topliss-reactive ketones (excluding diaryl/α,β-unsaturated/α-hetero) is 1. The summed E-state index contributed by atoms with van der Waals surface area (Å²) in [6.45, 7) is 1.25. The van der Waals surface area contributed by atoms with E-state index in [9.17, 15) is 20.1 Å². The van der Waals surface area contributed by atoms with Crippen LogP contribution in [0, 0.1) is 0 Å². The van der Waals surface area contributed by atoms with Gasteiger partial charge in [0, 0.05) is 12.0 Å². The highest BCUT2D eigenvalue weighted by Gasteiger charge is 2.44. The number of benzene rings is 1. The Morgan fingerprint density at radius 1 is 1.14 bits per heavy atom. The van der Waals surface area contributed by atoms with E-state index in [1.165, 1.54) is 0 Å². The van der Waals surface area contributed by atoms with Gasteiger partial charge >= 0.3 is 0 Å². The summed E-state index contributed by atoms with van der Waals surface area (Å²) in [7, 11) is 0. The van der Waals surface area contributed by atoms with Gasteiger partial charge in [-0.3, -0.25) is 4.79 Å². The molecule has 1 aliphatic rings. The molecule has 0 bridgehead atoms. The molecule has 0 saturated carbocycles. The van der Waals surface area contributed by atoms with E-state index in [4.69, 9.17) is 14.6 Å². The van der Waals surface area contributed by atoms with E-state index < -0.39 is 37.3 Å². The number of hydrogen-bond acceptors (Lipinski definition) is 7. The maximum atomic E-state index is 11.5. The number of ketones is 1. The average Bonchev–Trinajstić information content (AvgIpc) is 2.55. The molecular weight excluding hydrogens is 292 g/mol. The summed E-state index contributed by atoms with van der Waals surface area (Å²) in [4.78, 5) is 11.5. The minimum Gasteiger partial charge on any atom is -0.462 e. The second-order valence-electron chi connectivity index (χ2n) is 5.12. The van der Waals surface area contributed by atoms with Crippen molar-refractivity contribution in [1.82, 2.24) is 0 Å². The monoisotopic (exact) mass is 312 g/mol. The number of aliphatic hydroxyl groups is 4. The third-order valence-electron chi connectivity index (χ3n) is 3.60. The number of hydrogen-bond donors (Lipinski definition) is 4. The zero-order valence-electron chi connectivity index (χ0n) is 12.1. The Labute approximate surface area is 127 Å². The summed E-state index contributed by atoms with van der Waals surface area (Å²) >= 11 is 0. The largest absolute Gasteiger partial charge is 0.462 e. The fourth-order valence-electron chi connectivity index (χ4n) is 2.22. The quantitative estimate of drug-likeness (QED) is 0.539. The zero-order valence-corrected chi connectivity index (χ0v) is 12.1. The van der Waals surface area contributed by atoms with Gasteiger partial charge in [-0.25, -0.2) is 0 Å². The van der Waals surface area contributed by atoms with Crippen molar-refractivity contribution in [3.8, 4) is 5.75 Å². The first-order valence-corrected chi connectivity index (χ1v) is 7.08. The third-order valence-corrected chi connectivity index (χ3v) is 3.60. The fraction of sp³-hybridized carbons (Fsp3) is 0.533. The Hall–Kier alpha value is -1.51. The molecule has 5 atom stereocenters. The van der Waals surface area contributed by atoms with Crippen LogP contribution in [0.4, 0.5) is 0 Å². The Morgan fingerprint density at radius 2 is 1.77 bits per heavy atom. The van der Waals surface area contributed by atoms with Crippen LogP contribution >= 0.6 is 0 Å². The molecule has 0 amide bonds. The standard InChI is InChI=1S/C15H20O7/c1-2-10(17)8-3-5-9(6-4-8)21-15-14(20)13(19)12(18)11(7-16)22-15/h3-6,11-16,18-20H,2,7H2,1H3/t11-,12-,13+,14-,15-/m0/s1. The zero-order chi connectivity index (χ0) is 16.3. The molecule has 0 aliphatic carbocycles. The van der Waals surface area contributed by atoms with Crippen molar-refractivity contribution in [2.24, 2.45) is 0 Å². The van der Waals surface area contributed by atoms with E-state index >= 15 is 0 Å². The summed E-state index contributed by atoms with van der Waals surface area (Å²) in [6.07, 6.45) is -6.24. The van der Waals surface area contributed by atoms with Crippen LogP contribution in [0.5, 0.6) is 5.75 Å². The van der Waals surface area contributed by atoms with Gasteiger partial charge < -0.3 is 29.9 Å². The van der Waals surface area contributed by atoms with E-state index in [1.54, 1.807) is 31.2 Å². The molecule has 0 spiro atoms. The van der Waals surface area contributed by atoms with E-state index in [0.29, 0.717) is 17.7 Å². The number of ether oxygens (including phenoxy) is 2. The molecule has 7 nitrogen and oxygen atoms in total. The SMILES string of the molecule is CCC(=O)c1ccc(O[C@H]2O[C@@H](CO)[C@H](O)[C@@H](O)[C@@H]2O)cc1. The molecule has 0 radical (unpaired) electrons. The lowest BCUT2D eigenvalue weighted by Crippen LogP contribution is -2.60. The first-order valence-electron chi connectivity index (χ1n) is 7.08. The van der Waals surface area contributed by atoms with Gasteiger partial charge in [0.15, 0.2) is 5.78 Å². The van der Waals surface area contributed by atoms with Crippen LogP contribution < -0.4 is 4.74 Å². The number of carbonyl (C=O) groups excluding carboxylic acids is 1. The van der Waals surface area contributed by atoms with Crippen LogP contribution in [0.1, 0.15) is 23.7 Å². The van der Waals surface area contributed by atoms with Crippen molar-refractivity contribution in [3.63, 3.8) is 0 Å². The van der Waals surface area contributed by atoms with E-state index in [-0.39, 0.29) is 5.78 Å². The van der Waals surface area contributed by atoms with Crippen molar-refractivity contribution >= 4 is 5.78 Å². The lowest BCUT2D eigenvalue weighted by Gasteiger charge is -2.39. The van der Waals surface area contributed by atoms with Crippen LogP contribution in [0.15, 0.2) is 24.3 Å². The van der Waals surface area contributed by atoms with Crippen LogP contribution in [0.3, 0.4) is 0 Å². The lowest BCUT2D eigenvalue weighted by molar-refractivity contribution is -0.277. The Bertz CT molecular complexity index is 499. The van der Waals surface area contributed by atoms with Gasteiger partial charge in [-0.15, -0.1) is 0 Å². The molecule has 1 aliphatic heterocycles. The summed E-state index contributed by atoms with van der Waals surface area (Å²) in [6, 6.07) is 6.27. The molecular formula is C15H20O7. The van der Waals surface area contributed by atoms with Crippen LogP contribution in [0.25, 0.3) is 0 Å². The molecule has 0 unspecified atom stereocenters. The van der Waals surface area contributed by atoms with Crippen molar-refractivity contribution < 1.29 is 34.7 Å². The fourth-order valence-corrected chi connectivity index (χ4v) is 2.22. The normalized spacial score (nSPS) is 31.8. The van der Waals surface area contributed by atoms with E-state index in [1.807, 2.05) is 0 Å².